The molecule has 82 valence electrons. The summed E-state index contributed by atoms with van der Waals surface area (Å²) in [6.45, 7) is 0.00602. The van der Waals surface area contributed by atoms with Crippen molar-refractivity contribution in [2.24, 2.45) is 0 Å². The summed E-state index contributed by atoms with van der Waals surface area (Å²) >= 11 is 0. The normalized spacial score (nSPS) is 9.73. The molecule has 4 nitrogen and oxygen atoms in total. The molecule has 2 N–H and O–H groups in total. The Labute approximate surface area is 86.7 Å². The first-order valence-electron chi connectivity index (χ1n) is 4.48. The van der Waals surface area contributed by atoms with Crippen LogP contribution in [-0.4, -0.2) is 24.4 Å². The number of carbonyl (C=O) groups is 1. The Bertz CT molecular complexity index is 330. The molecule has 1 aromatic rings. The maximum atomic E-state index is 12.7. The Hall–Kier alpha value is -1.62. The van der Waals surface area contributed by atoms with Crippen LogP contribution in [0.5, 0.6) is 0 Å². The third-order valence-corrected chi connectivity index (χ3v) is 1.64. The van der Waals surface area contributed by atoms with E-state index in [0.29, 0.717) is 5.56 Å². The second kappa shape index (κ2) is 5.98. The van der Waals surface area contributed by atoms with Gasteiger partial charge in [0.05, 0.1) is 6.61 Å². The summed E-state index contributed by atoms with van der Waals surface area (Å²) < 4.78 is 17.5. The number of hydrogen-bond acceptors (Lipinski definition) is 3. The number of ether oxygens (including phenoxy) is 1. The van der Waals surface area contributed by atoms with E-state index in [-0.39, 0.29) is 25.6 Å². The third kappa shape index (κ3) is 4.42. The number of alkyl carbamates (subject to hydrolysis) is 1. The van der Waals surface area contributed by atoms with E-state index in [2.05, 4.69) is 5.32 Å². The highest BCUT2D eigenvalue weighted by Crippen LogP contribution is 2.04. The first kappa shape index (κ1) is 11.5. The highest BCUT2D eigenvalue weighted by Gasteiger charge is 2.01. The van der Waals surface area contributed by atoms with E-state index in [1.807, 2.05) is 0 Å². The molecule has 0 bridgehead atoms. The zero-order valence-electron chi connectivity index (χ0n) is 8.07. The van der Waals surface area contributed by atoms with Crippen LogP contribution >= 0.6 is 0 Å². The molecule has 0 aromatic heterocycles. The lowest BCUT2D eigenvalue weighted by Gasteiger charge is -2.05. The second-order valence-electron chi connectivity index (χ2n) is 2.86. The molecule has 1 amide bonds. The number of aliphatic hydroxyl groups excluding tert-OH is 1. The summed E-state index contributed by atoms with van der Waals surface area (Å²) in [6, 6.07) is 5.80. The van der Waals surface area contributed by atoms with Crippen LogP contribution in [0.1, 0.15) is 5.56 Å². The van der Waals surface area contributed by atoms with Gasteiger partial charge in [-0.05, 0) is 17.7 Å². The van der Waals surface area contributed by atoms with E-state index >= 15 is 0 Å². The van der Waals surface area contributed by atoms with Gasteiger partial charge in [0.15, 0.2) is 0 Å². The van der Waals surface area contributed by atoms with E-state index in [4.69, 9.17) is 9.84 Å². The maximum absolute atomic E-state index is 12.7. The molecule has 15 heavy (non-hydrogen) atoms. The van der Waals surface area contributed by atoms with Gasteiger partial charge in [0, 0.05) is 6.54 Å². The molecule has 1 rings (SSSR count). The van der Waals surface area contributed by atoms with Gasteiger partial charge < -0.3 is 15.2 Å². The van der Waals surface area contributed by atoms with Gasteiger partial charge in [0.2, 0.25) is 0 Å². The average Bonchev–Trinajstić information content (AvgIpc) is 2.23. The molecule has 5 heteroatoms. The zero-order valence-corrected chi connectivity index (χ0v) is 8.07. The summed E-state index contributed by atoms with van der Waals surface area (Å²) in [6.07, 6.45) is -0.631. The molecule has 0 fully saturated rings. The van der Waals surface area contributed by atoms with Crippen molar-refractivity contribution in [3.63, 3.8) is 0 Å². The number of hydrogen-bond donors (Lipinski definition) is 2. The standard InChI is InChI=1S/C10H12FNO3/c11-9-3-1-2-8(6-9)7-15-10(14)12-4-5-13/h1-3,6,13H,4-5,7H2,(H,12,14). The van der Waals surface area contributed by atoms with E-state index in [0.717, 1.165) is 0 Å². The highest BCUT2D eigenvalue weighted by molar-refractivity contribution is 5.67. The van der Waals surface area contributed by atoms with Gasteiger partial charge in [-0.2, -0.15) is 0 Å². The molecule has 0 aliphatic heterocycles. The van der Waals surface area contributed by atoms with E-state index in [1.54, 1.807) is 12.1 Å². The minimum Gasteiger partial charge on any atom is -0.445 e. The van der Waals surface area contributed by atoms with Crippen molar-refractivity contribution in [3.05, 3.63) is 35.6 Å². The molecular weight excluding hydrogens is 201 g/mol. The predicted molar refractivity (Wildman–Crippen MR) is 51.7 cm³/mol. The van der Waals surface area contributed by atoms with Crippen LogP contribution in [0, 0.1) is 5.82 Å². The predicted octanol–water partition coefficient (Wildman–Crippen LogP) is 1.04. The summed E-state index contributed by atoms with van der Waals surface area (Å²) in [7, 11) is 0. The van der Waals surface area contributed by atoms with Gasteiger partial charge in [-0.15, -0.1) is 0 Å². The Morgan fingerprint density at radius 1 is 1.53 bits per heavy atom. The van der Waals surface area contributed by atoms with Crippen molar-refractivity contribution in [1.82, 2.24) is 5.32 Å². The SMILES string of the molecule is O=C(NCCO)OCc1cccc(F)c1. The molecule has 0 spiro atoms. The van der Waals surface area contributed by atoms with Gasteiger partial charge >= 0.3 is 6.09 Å². The topological polar surface area (TPSA) is 58.6 Å². The lowest BCUT2D eigenvalue weighted by Crippen LogP contribution is -2.26. The molecule has 0 aliphatic rings. The summed E-state index contributed by atoms with van der Waals surface area (Å²) in [5.74, 6) is -0.369. The molecule has 0 atom stereocenters. The number of carbonyl (C=O) groups excluding carboxylic acids is 1. The van der Waals surface area contributed by atoms with E-state index in [1.165, 1.54) is 12.1 Å². The molecule has 1 aromatic carbocycles. The Morgan fingerprint density at radius 2 is 2.33 bits per heavy atom. The fourth-order valence-electron chi connectivity index (χ4n) is 0.985. The van der Waals surface area contributed by atoms with Crippen molar-refractivity contribution in [2.75, 3.05) is 13.2 Å². The molecule has 0 saturated heterocycles. The molecule has 0 heterocycles. The Morgan fingerprint density at radius 3 is 3.00 bits per heavy atom. The fraction of sp³-hybridized carbons (Fsp3) is 0.300. The van der Waals surface area contributed by atoms with Gasteiger partial charge in [0.1, 0.15) is 12.4 Å². The fourth-order valence-corrected chi connectivity index (χ4v) is 0.985. The number of rotatable bonds is 4. The van der Waals surface area contributed by atoms with Crippen molar-refractivity contribution >= 4 is 6.09 Å². The number of halogens is 1. The Kier molecular flexibility index (Phi) is 4.56. The number of amides is 1. The zero-order chi connectivity index (χ0) is 11.1. The minimum atomic E-state index is -0.631. The lowest BCUT2D eigenvalue weighted by molar-refractivity contribution is 0.137. The molecule has 0 saturated carbocycles. The third-order valence-electron chi connectivity index (χ3n) is 1.64. The summed E-state index contributed by atoms with van der Waals surface area (Å²) in [5, 5.41) is 10.7. The number of benzene rings is 1. The average molecular weight is 213 g/mol. The highest BCUT2D eigenvalue weighted by atomic mass is 19.1. The summed E-state index contributed by atoms with van der Waals surface area (Å²) in [5.41, 5.74) is 0.578. The molecule has 0 radical (unpaired) electrons. The van der Waals surface area contributed by atoms with Crippen molar-refractivity contribution in [3.8, 4) is 0 Å². The van der Waals surface area contributed by atoms with Crippen LogP contribution in [0.15, 0.2) is 24.3 Å². The van der Waals surface area contributed by atoms with Gasteiger partial charge in [0.25, 0.3) is 0 Å². The summed E-state index contributed by atoms with van der Waals surface area (Å²) in [4.78, 5) is 10.9. The maximum Gasteiger partial charge on any atom is 0.407 e. The van der Waals surface area contributed by atoms with Gasteiger partial charge in [-0.1, -0.05) is 12.1 Å². The van der Waals surface area contributed by atoms with Crippen molar-refractivity contribution < 1.29 is 19.0 Å². The number of nitrogens with one attached hydrogen (secondary N) is 1. The van der Waals surface area contributed by atoms with Gasteiger partial charge in [-0.25, -0.2) is 9.18 Å². The van der Waals surface area contributed by atoms with Crippen molar-refractivity contribution in [1.29, 1.82) is 0 Å². The largest absolute Gasteiger partial charge is 0.445 e. The van der Waals surface area contributed by atoms with Crippen LogP contribution in [0.2, 0.25) is 0 Å². The first-order valence-corrected chi connectivity index (χ1v) is 4.48. The number of aliphatic hydroxyl groups is 1. The smallest absolute Gasteiger partial charge is 0.407 e. The van der Waals surface area contributed by atoms with Crippen LogP contribution in [0.4, 0.5) is 9.18 Å². The molecular formula is C10H12FNO3. The van der Waals surface area contributed by atoms with Gasteiger partial charge in [-0.3, -0.25) is 0 Å². The Balaban J connectivity index is 2.33. The second-order valence-corrected chi connectivity index (χ2v) is 2.86. The molecule has 0 unspecified atom stereocenters. The van der Waals surface area contributed by atoms with E-state index < -0.39 is 6.09 Å². The van der Waals surface area contributed by atoms with Crippen LogP contribution in [-0.2, 0) is 11.3 Å². The monoisotopic (exact) mass is 213 g/mol. The van der Waals surface area contributed by atoms with E-state index in [9.17, 15) is 9.18 Å². The first-order chi connectivity index (χ1) is 7.22. The quantitative estimate of drug-likeness (QED) is 0.785. The van der Waals surface area contributed by atoms with Crippen molar-refractivity contribution in [2.45, 2.75) is 6.61 Å². The van der Waals surface area contributed by atoms with Crippen LogP contribution in [0.25, 0.3) is 0 Å². The van der Waals surface area contributed by atoms with Crippen LogP contribution < -0.4 is 5.32 Å². The lowest BCUT2D eigenvalue weighted by atomic mass is 10.2. The minimum absolute atomic E-state index is 0.00895. The molecule has 0 aliphatic carbocycles. The van der Waals surface area contributed by atoms with Crippen LogP contribution in [0.3, 0.4) is 0 Å².